The van der Waals surface area contributed by atoms with E-state index in [0.717, 1.165) is 11.3 Å². The monoisotopic (exact) mass is 307 g/mol. The topological polar surface area (TPSA) is 46.9 Å². The number of nitrogens with one attached hydrogen (secondary N) is 1. The molecule has 0 aliphatic heterocycles. The second-order valence-corrected chi connectivity index (χ2v) is 4.64. The fraction of sp³-hybridized carbons (Fsp3) is 0.231. The third kappa shape index (κ3) is 3.43. The summed E-state index contributed by atoms with van der Waals surface area (Å²) >= 11 is 3.23. The summed E-state index contributed by atoms with van der Waals surface area (Å²) in [6.07, 6.45) is 4.18. The number of carbonyl (C=O) groups excluding carboxylic acids is 1. The largest absolute Gasteiger partial charge is 0.352 e. The lowest BCUT2D eigenvalue weighted by Crippen LogP contribution is -2.22. The Morgan fingerprint density at radius 2 is 2.11 bits per heavy atom. The number of rotatable bonds is 5. The van der Waals surface area contributed by atoms with E-state index < -0.39 is 0 Å². The third-order valence-corrected chi connectivity index (χ3v) is 2.86. The molecule has 0 aliphatic carbocycles. The minimum Gasteiger partial charge on any atom is -0.352 e. The molecule has 0 atom stereocenters. The minimum absolute atomic E-state index is 0.0411. The first-order valence-electron chi connectivity index (χ1n) is 5.71. The molecule has 0 radical (unpaired) electrons. The molecule has 1 aromatic carbocycles. The molecule has 0 saturated heterocycles. The Morgan fingerprint density at radius 1 is 1.33 bits per heavy atom. The molecule has 1 heterocycles. The summed E-state index contributed by atoms with van der Waals surface area (Å²) in [6, 6.07) is 9.87. The van der Waals surface area contributed by atoms with Crippen molar-refractivity contribution >= 4 is 21.8 Å². The standard InChI is InChI=1S/C13H14BrN3O/c14-7-6-13(18)15-8-11-9-16-17(10-11)12-4-2-1-3-5-12/h1-5,9-10H,6-8H2,(H,15,18). The van der Waals surface area contributed by atoms with E-state index in [0.29, 0.717) is 18.3 Å². The van der Waals surface area contributed by atoms with E-state index in [4.69, 9.17) is 0 Å². The van der Waals surface area contributed by atoms with Gasteiger partial charge in [0, 0.05) is 30.1 Å². The van der Waals surface area contributed by atoms with Crippen LogP contribution >= 0.6 is 15.9 Å². The van der Waals surface area contributed by atoms with E-state index >= 15 is 0 Å². The molecule has 0 fully saturated rings. The zero-order chi connectivity index (χ0) is 12.8. The van der Waals surface area contributed by atoms with Crippen molar-refractivity contribution in [2.75, 3.05) is 5.33 Å². The first-order valence-corrected chi connectivity index (χ1v) is 6.83. The normalized spacial score (nSPS) is 10.3. The fourth-order valence-electron chi connectivity index (χ4n) is 1.55. The van der Waals surface area contributed by atoms with Gasteiger partial charge in [0.1, 0.15) is 0 Å². The van der Waals surface area contributed by atoms with Gasteiger partial charge >= 0.3 is 0 Å². The number of hydrogen-bond acceptors (Lipinski definition) is 2. The number of amides is 1. The number of benzene rings is 1. The van der Waals surface area contributed by atoms with Crippen molar-refractivity contribution in [2.45, 2.75) is 13.0 Å². The van der Waals surface area contributed by atoms with Gasteiger partial charge in [-0.1, -0.05) is 34.1 Å². The molecule has 94 valence electrons. The Bertz CT molecular complexity index is 510. The smallest absolute Gasteiger partial charge is 0.221 e. The lowest BCUT2D eigenvalue weighted by molar-refractivity contribution is -0.120. The Kier molecular flexibility index (Phi) is 4.52. The van der Waals surface area contributed by atoms with Gasteiger partial charge in [0.05, 0.1) is 11.9 Å². The van der Waals surface area contributed by atoms with Crippen LogP contribution in [0.4, 0.5) is 0 Å². The zero-order valence-electron chi connectivity index (χ0n) is 9.84. The van der Waals surface area contributed by atoms with E-state index in [1.54, 1.807) is 10.9 Å². The van der Waals surface area contributed by atoms with Gasteiger partial charge in [-0.2, -0.15) is 5.10 Å². The highest BCUT2D eigenvalue weighted by Gasteiger charge is 2.03. The summed E-state index contributed by atoms with van der Waals surface area (Å²) in [5.41, 5.74) is 2.00. The molecule has 4 nitrogen and oxygen atoms in total. The Hall–Kier alpha value is -1.62. The van der Waals surface area contributed by atoms with Crippen LogP contribution in [0.3, 0.4) is 0 Å². The minimum atomic E-state index is 0.0411. The summed E-state index contributed by atoms with van der Waals surface area (Å²) in [7, 11) is 0. The highest BCUT2D eigenvalue weighted by molar-refractivity contribution is 9.09. The summed E-state index contributed by atoms with van der Waals surface area (Å²) < 4.78 is 1.80. The average Bonchev–Trinajstić information content (AvgIpc) is 2.87. The van der Waals surface area contributed by atoms with Crippen LogP contribution in [0.15, 0.2) is 42.7 Å². The number of aromatic nitrogens is 2. The molecule has 0 unspecified atom stereocenters. The van der Waals surface area contributed by atoms with E-state index in [1.807, 2.05) is 36.5 Å². The van der Waals surface area contributed by atoms with Gasteiger partial charge in [0.25, 0.3) is 0 Å². The van der Waals surface area contributed by atoms with Crippen LogP contribution in [-0.4, -0.2) is 21.0 Å². The first-order chi connectivity index (χ1) is 8.79. The fourth-order valence-corrected chi connectivity index (χ4v) is 1.91. The number of alkyl halides is 1. The number of hydrogen-bond donors (Lipinski definition) is 1. The van der Waals surface area contributed by atoms with Crippen LogP contribution in [0.1, 0.15) is 12.0 Å². The number of para-hydroxylation sites is 1. The van der Waals surface area contributed by atoms with E-state index in [2.05, 4.69) is 26.3 Å². The van der Waals surface area contributed by atoms with Crippen molar-refractivity contribution in [3.05, 3.63) is 48.3 Å². The third-order valence-electron chi connectivity index (χ3n) is 2.47. The van der Waals surface area contributed by atoms with E-state index in [-0.39, 0.29) is 5.91 Å². The number of halogens is 1. The molecule has 5 heteroatoms. The van der Waals surface area contributed by atoms with Crippen LogP contribution < -0.4 is 5.32 Å². The molecule has 0 spiro atoms. The second-order valence-electron chi connectivity index (χ2n) is 3.84. The quantitative estimate of drug-likeness (QED) is 0.861. The molecule has 1 amide bonds. The zero-order valence-corrected chi connectivity index (χ0v) is 11.4. The van der Waals surface area contributed by atoms with Crippen molar-refractivity contribution in [1.82, 2.24) is 15.1 Å². The molecule has 0 aliphatic rings. The van der Waals surface area contributed by atoms with Crippen LogP contribution in [0, 0.1) is 0 Å². The first kappa shape index (κ1) is 12.8. The van der Waals surface area contributed by atoms with Crippen molar-refractivity contribution in [3.63, 3.8) is 0 Å². The highest BCUT2D eigenvalue weighted by Crippen LogP contribution is 2.07. The van der Waals surface area contributed by atoms with Crippen molar-refractivity contribution in [3.8, 4) is 5.69 Å². The summed E-state index contributed by atoms with van der Waals surface area (Å²) in [4.78, 5) is 11.3. The SMILES string of the molecule is O=C(CCBr)NCc1cnn(-c2ccccc2)c1. The van der Waals surface area contributed by atoms with Gasteiger partial charge in [-0.3, -0.25) is 4.79 Å². The number of nitrogens with zero attached hydrogens (tertiary/aromatic N) is 2. The maximum atomic E-state index is 11.3. The van der Waals surface area contributed by atoms with Crippen molar-refractivity contribution in [2.24, 2.45) is 0 Å². The molecule has 1 aromatic heterocycles. The molecular weight excluding hydrogens is 294 g/mol. The summed E-state index contributed by atoms with van der Waals surface area (Å²) in [6.45, 7) is 0.513. The molecule has 2 rings (SSSR count). The predicted octanol–water partition coefficient (Wildman–Crippen LogP) is 2.27. The molecule has 0 saturated carbocycles. The van der Waals surface area contributed by atoms with Crippen molar-refractivity contribution in [1.29, 1.82) is 0 Å². The highest BCUT2D eigenvalue weighted by atomic mass is 79.9. The van der Waals surface area contributed by atoms with Gasteiger partial charge in [0.15, 0.2) is 0 Å². The van der Waals surface area contributed by atoms with Gasteiger partial charge in [-0.05, 0) is 12.1 Å². The lowest BCUT2D eigenvalue weighted by Gasteiger charge is -2.01. The maximum Gasteiger partial charge on any atom is 0.221 e. The van der Waals surface area contributed by atoms with Gasteiger partial charge in [0.2, 0.25) is 5.91 Å². The molecular formula is C13H14BrN3O. The molecule has 18 heavy (non-hydrogen) atoms. The van der Waals surface area contributed by atoms with Crippen LogP contribution in [0.5, 0.6) is 0 Å². The molecule has 2 aromatic rings. The predicted molar refractivity (Wildman–Crippen MR) is 73.8 cm³/mol. The van der Waals surface area contributed by atoms with E-state index in [1.165, 1.54) is 0 Å². The second kappa shape index (κ2) is 6.35. The average molecular weight is 308 g/mol. The summed E-state index contributed by atoms with van der Waals surface area (Å²) in [5.74, 6) is 0.0411. The maximum absolute atomic E-state index is 11.3. The summed E-state index contributed by atoms with van der Waals surface area (Å²) in [5, 5.41) is 7.79. The Morgan fingerprint density at radius 3 is 2.83 bits per heavy atom. The van der Waals surface area contributed by atoms with Crippen LogP contribution in [0.25, 0.3) is 5.69 Å². The lowest BCUT2D eigenvalue weighted by atomic mass is 10.3. The van der Waals surface area contributed by atoms with Crippen LogP contribution in [-0.2, 0) is 11.3 Å². The van der Waals surface area contributed by atoms with Gasteiger partial charge < -0.3 is 5.32 Å². The van der Waals surface area contributed by atoms with Crippen LogP contribution in [0.2, 0.25) is 0 Å². The van der Waals surface area contributed by atoms with Gasteiger partial charge in [-0.15, -0.1) is 0 Å². The Balaban J connectivity index is 1.97. The molecule has 0 bridgehead atoms. The Labute approximate surface area is 114 Å². The van der Waals surface area contributed by atoms with E-state index in [9.17, 15) is 4.79 Å². The van der Waals surface area contributed by atoms with Crippen molar-refractivity contribution < 1.29 is 4.79 Å². The molecule has 1 N–H and O–H groups in total. The van der Waals surface area contributed by atoms with Gasteiger partial charge in [-0.25, -0.2) is 4.68 Å². The number of carbonyl (C=O) groups is 1.